The molecule has 0 aliphatic heterocycles. The summed E-state index contributed by atoms with van der Waals surface area (Å²) in [6.07, 6.45) is 4.51. The maximum atomic E-state index is 12.6. The Morgan fingerprint density at radius 3 is 2.89 bits per heavy atom. The summed E-state index contributed by atoms with van der Waals surface area (Å²) >= 11 is 0. The van der Waals surface area contributed by atoms with Crippen molar-refractivity contribution in [1.29, 1.82) is 0 Å². The van der Waals surface area contributed by atoms with Crippen molar-refractivity contribution < 1.29 is 8.95 Å². The maximum absolute atomic E-state index is 12.6. The Bertz CT molecular complexity index is 422. The lowest BCUT2D eigenvalue weighted by Crippen LogP contribution is -2.34. The Morgan fingerprint density at radius 1 is 1.39 bits per heavy atom. The minimum atomic E-state index is -0.972. The summed E-state index contributed by atoms with van der Waals surface area (Å²) in [5, 5.41) is 0.204. The van der Waals surface area contributed by atoms with Crippen molar-refractivity contribution >= 4 is 10.8 Å². The molecule has 0 heterocycles. The number of ether oxygens (including phenoxy) is 1. The lowest BCUT2D eigenvalue weighted by atomic mass is 9.89. The van der Waals surface area contributed by atoms with Crippen LogP contribution in [0.25, 0.3) is 0 Å². The normalized spacial score (nSPS) is 25.7. The molecule has 1 aromatic carbocycles. The van der Waals surface area contributed by atoms with Gasteiger partial charge in [-0.1, -0.05) is 18.9 Å². The molecule has 0 saturated heterocycles. The molecular formula is C14H21NO2S. The minimum Gasteiger partial charge on any atom is -0.497 e. The average Bonchev–Trinajstić information content (AvgIpc) is 2.46. The molecule has 0 spiro atoms. The number of hydrogen-bond acceptors (Lipinski definition) is 3. The SMILES string of the molecule is COc1cccc(S(=O)C2CCCCC2CN)c1. The van der Waals surface area contributed by atoms with Gasteiger partial charge < -0.3 is 10.5 Å². The van der Waals surface area contributed by atoms with E-state index in [1.54, 1.807) is 7.11 Å². The zero-order valence-corrected chi connectivity index (χ0v) is 11.6. The van der Waals surface area contributed by atoms with E-state index in [1.807, 2.05) is 24.3 Å². The summed E-state index contributed by atoms with van der Waals surface area (Å²) in [6, 6.07) is 7.56. The van der Waals surface area contributed by atoms with Crippen molar-refractivity contribution in [3.8, 4) is 5.75 Å². The minimum absolute atomic E-state index is 0.204. The van der Waals surface area contributed by atoms with Crippen LogP contribution in [-0.4, -0.2) is 23.1 Å². The number of benzene rings is 1. The molecular weight excluding hydrogens is 246 g/mol. The third-order valence-corrected chi connectivity index (χ3v) is 5.58. The van der Waals surface area contributed by atoms with Gasteiger partial charge in [0.15, 0.2) is 0 Å². The molecule has 2 rings (SSSR count). The van der Waals surface area contributed by atoms with E-state index in [-0.39, 0.29) is 5.25 Å². The van der Waals surface area contributed by atoms with Crippen LogP contribution in [0.15, 0.2) is 29.2 Å². The van der Waals surface area contributed by atoms with E-state index in [2.05, 4.69) is 0 Å². The van der Waals surface area contributed by atoms with E-state index in [1.165, 1.54) is 6.42 Å². The first kappa shape index (κ1) is 13.6. The second-order valence-electron chi connectivity index (χ2n) is 4.80. The van der Waals surface area contributed by atoms with Gasteiger partial charge in [-0.2, -0.15) is 0 Å². The highest BCUT2D eigenvalue weighted by atomic mass is 32.2. The molecule has 3 nitrogen and oxygen atoms in total. The van der Waals surface area contributed by atoms with Crippen LogP contribution in [-0.2, 0) is 10.8 Å². The van der Waals surface area contributed by atoms with E-state index in [0.717, 1.165) is 29.9 Å². The highest BCUT2D eigenvalue weighted by Gasteiger charge is 2.29. The van der Waals surface area contributed by atoms with Gasteiger partial charge in [0, 0.05) is 10.1 Å². The third kappa shape index (κ3) is 2.93. The average molecular weight is 267 g/mol. The number of nitrogens with two attached hydrogens (primary N) is 1. The Kier molecular flexibility index (Phi) is 4.78. The Hall–Kier alpha value is -0.870. The second kappa shape index (κ2) is 6.34. The Labute approximate surface area is 111 Å². The quantitative estimate of drug-likeness (QED) is 0.911. The van der Waals surface area contributed by atoms with Crippen molar-refractivity contribution in [2.24, 2.45) is 11.7 Å². The molecule has 1 fully saturated rings. The van der Waals surface area contributed by atoms with Crippen LogP contribution in [0.4, 0.5) is 0 Å². The van der Waals surface area contributed by atoms with Gasteiger partial charge in [0.25, 0.3) is 0 Å². The highest BCUT2D eigenvalue weighted by Crippen LogP contribution is 2.31. The Balaban J connectivity index is 2.18. The van der Waals surface area contributed by atoms with Crippen LogP contribution in [0.5, 0.6) is 5.75 Å². The zero-order valence-electron chi connectivity index (χ0n) is 10.8. The first-order chi connectivity index (χ1) is 8.76. The van der Waals surface area contributed by atoms with E-state index >= 15 is 0 Å². The summed E-state index contributed by atoms with van der Waals surface area (Å²) < 4.78 is 17.8. The first-order valence-electron chi connectivity index (χ1n) is 6.51. The lowest BCUT2D eigenvalue weighted by Gasteiger charge is -2.29. The summed E-state index contributed by atoms with van der Waals surface area (Å²) in [4.78, 5) is 0.861. The maximum Gasteiger partial charge on any atom is 0.120 e. The summed E-state index contributed by atoms with van der Waals surface area (Å²) in [7, 11) is 0.659. The van der Waals surface area contributed by atoms with E-state index in [4.69, 9.17) is 10.5 Å². The van der Waals surface area contributed by atoms with Crippen molar-refractivity contribution in [2.45, 2.75) is 35.8 Å². The summed E-state index contributed by atoms with van der Waals surface area (Å²) in [6.45, 7) is 0.639. The molecule has 2 N–H and O–H groups in total. The monoisotopic (exact) mass is 267 g/mol. The fourth-order valence-corrected chi connectivity index (χ4v) is 4.40. The highest BCUT2D eigenvalue weighted by molar-refractivity contribution is 7.85. The standard InChI is InChI=1S/C14H21NO2S/c1-17-12-6-4-7-13(9-12)18(16)14-8-3-2-5-11(14)10-15/h4,6-7,9,11,14H,2-3,5,8,10,15H2,1H3. The molecule has 0 amide bonds. The molecule has 4 heteroatoms. The molecule has 18 heavy (non-hydrogen) atoms. The van der Waals surface area contributed by atoms with Crippen LogP contribution in [0, 0.1) is 5.92 Å². The van der Waals surface area contributed by atoms with Gasteiger partial charge in [-0.15, -0.1) is 0 Å². The number of rotatable bonds is 4. The van der Waals surface area contributed by atoms with Crippen LogP contribution in [0.3, 0.4) is 0 Å². The molecule has 0 bridgehead atoms. The molecule has 1 aliphatic carbocycles. The zero-order chi connectivity index (χ0) is 13.0. The molecule has 3 unspecified atom stereocenters. The molecule has 1 saturated carbocycles. The summed E-state index contributed by atoms with van der Waals surface area (Å²) in [5.41, 5.74) is 5.81. The van der Waals surface area contributed by atoms with Crippen LogP contribution in [0.1, 0.15) is 25.7 Å². The predicted octanol–water partition coefficient (Wildman–Crippen LogP) is 2.32. The smallest absolute Gasteiger partial charge is 0.120 e. The molecule has 100 valence electrons. The molecule has 3 atom stereocenters. The number of hydrogen-bond donors (Lipinski definition) is 1. The molecule has 1 aromatic rings. The fraction of sp³-hybridized carbons (Fsp3) is 0.571. The van der Waals surface area contributed by atoms with Crippen LogP contribution < -0.4 is 10.5 Å². The van der Waals surface area contributed by atoms with E-state index in [0.29, 0.717) is 12.5 Å². The van der Waals surface area contributed by atoms with E-state index in [9.17, 15) is 4.21 Å². The van der Waals surface area contributed by atoms with Crippen molar-refractivity contribution in [2.75, 3.05) is 13.7 Å². The Morgan fingerprint density at radius 2 is 2.17 bits per heavy atom. The van der Waals surface area contributed by atoms with Gasteiger partial charge in [-0.05, 0) is 43.5 Å². The van der Waals surface area contributed by atoms with Crippen LogP contribution >= 0.6 is 0 Å². The van der Waals surface area contributed by atoms with Crippen LogP contribution in [0.2, 0.25) is 0 Å². The third-order valence-electron chi connectivity index (χ3n) is 3.69. The van der Waals surface area contributed by atoms with Gasteiger partial charge in [0.05, 0.1) is 17.9 Å². The van der Waals surface area contributed by atoms with Crippen molar-refractivity contribution in [3.05, 3.63) is 24.3 Å². The topological polar surface area (TPSA) is 52.3 Å². The molecule has 0 aromatic heterocycles. The molecule has 1 aliphatic rings. The van der Waals surface area contributed by atoms with Crippen molar-refractivity contribution in [1.82, 2.24) is 0 Å². The predicted molar refractivity (Wildman–Crippen MR) is 74.2 cm³/mol. The van der Waals surface area contributed by atoms with Gasteiger partial charge in [0.1, 0.15) is 5.75 Å². The van der Waals surface area contributed by atoms with Gasteiger partial charge in [-0.3, -0.25) is 4.21 Å². The van der Waals surface area contributed by atoms with Gasteiger partial charge in [-0.25, -0.2) is 0 Å². The van der Waals surface area contributed by atoms with Gasteiger partial charge in [0.2, 0.25) is 0 Å². The number of methoxy groups -OCH3 is 1. The van der Waals surface area contributed by atoms with E-state index < -0.39 is 10.8 Å². The fourth-order valence-electron chi connectivity index (χ4n) is 2.63. The lowest BCUT2D eigenvalue weighted by molar-refractivity contribution is 0.372. The summed E-state index contributed by atoms with van der Waals surface area (Å²) in [5.74, 6) is 1.16. The second-order valence-corrected chi connectivity index (χ2v) is 6.47. The largest absolute Gasteiger partial charge is 0.497 e. The van der Waals surface area contributed by atoms with Gasteiger partial charge >= 0.3 is 0 Å². The van der Waals surface area contributed by atoms with Crippen molar-refractivity contribution in [3.63, 3.8) is 0 Å². The molecule has 0 radical (unpaired) electrons. The first-order valence-corrected chi connectivity index (χ1v) is 7.72.